The van der Waals surface area contributed by atoms with Gasteiger partial charge in [-0.05, 0) is 160 Å². The van der Waals surface area contributed by atoms with E-state index in [9.17, 15) is 24.0 Å². The predicted molar refractivity (Wildman–Crippen MR) is 535 cm³/mol. The molecule has 17 nitrogen and oxygen atoms in total. The van der Waals surface area contributed by atoms with Crippen LogP contribution in [0.1, 0.15) is 468 Å². The molecule has 0 saturated carbocycles. The topological polar surface area (TPSA) is 202 Å². The van der Waals surface area contributed by atoms with E-state index in [0.29, 0.717) is 85.5 Å². The number of rotatable bonds is 82. The highest BCUT2D eigenvalue weighted by molar-refractivity contribution is 6.00. The minimum Gasteiger partial charge on any atom is -0.490 e. The second kappa shape index (κ2) is 73.8. The normalized spacial score (nSPS) is 11.2. The first kappa shape index (κ1) is 110. The number of carbonyl (C=O) groups excluding carboxylic acids is 5. The Labute approximate surface area is 786 Å². The zero-order valence-electron chi connectivity index (χ0n) is 81.8. The van der Waals surface area contributed by atoms with Gasteiger partial charge in [0.1, 0.15) is 23.0 Å². The molecule has 0 aliphatic carbocycles. The molecule has 0 aromatic heterocycles. The smallest absolute Gasteiger partial charge is 0.343 e. The lowest BCUT2D eigenvalue weighted by Crippen LogP contribution is -2.19. The number of anilines is 2. The Hall–Kier alpha value is -8.73. The lowest BCUT2D eigenvalue weighted by Gasteiger charge is -2.19. The number of hydrogen-bond donors (Lipinski definition) is 2. The van der Waals surface area contributed by atoms with Crippen molar-refractivity contribution in [1.82, 2.24) is 0 Å². The first-order chi connectivity index (χ1) is 63.9. The van der Waals surface area contributed by atoms with Crippen LogP contribution in [-0.2, 0) is 0 Å². The average Bonchev–Trinajstić information content (AvgIpc) is 0.823. The molecule has 6 aromatic rings. The number of hydrogen-bond acceptors (Lipinski definition) is 15. The quantitative estimate of drug-likeness (QED) is 0.0207. The summed E-state index contributed by atoms with van der Waals surface area (Å²) in [5.41, 5.74) is 1.85. The van der Waals surface area contributed by atoms with Crippen molar-refractivity contribution in [2.75, 3.05) is 50.3 Å². The predicted octanol–water partition coefficient (Wildman–Crippen LogP) is 34.0. The molecule has 0 radical (unpaired) electrons. The third-order valence-electron chi connectivity index (χ3n) is 24.3. The Morgan fingerprint density at radius 2 is 0.354 bits per heavy atom. The van der Waals surface area contributed by atoms with Crippen molar-refractivity contribution in [1.29, 1.82) is 0 Å². The molecule has 0 spiro atoms. The van der Waals surface area contributed by atoms with Gasteiger partial charge < -0.3 is 58.0 Å². The number of nitrogens with one attached hydrogen (secondary N) is 2. The van der Waals surface area contributed by atoms with Crippen LogP contribution in [0, 0.1) is 0 Å². The van der Waals surface area contributed by atoms with Gasteiger partial charge in [0.2, 0.25) is 11.5 Å². The molecule has 6 aromatic carbocycles. The average molecular weight is 1800 g/mol. The van der Waals surface area contributed by atoms with Gasteiger partial charge in [-0.1, -0.05) is 388 Å². The second-order valence-electron chi connectivity index (χ2n) is 36.0. The van der Waals surface area contributed by atoms with Gasteiger partial charge in [0.05, 0.1) is 61.9 Å². The van der Waals surface area contributed by atoms with Gasteiger partial charge in [0.25, 0.3) is 0 Å². The SMILES string of the molecule is CCCCCCCCCCCCOc1cc(C(=O)Oc2ccc(C(=O)Oc3ccc(NC(=O)Nc4ccc(OC(=O)c5ccc(OC(=O)c6cc(OCCCCCCCCCCCC)c(OCCCCCCCCCCCC)c(OCCCCCCCCCCCC)c6)cc5)cc4)cc3)cc2)cc(OCCCCCCCCCCCC)c1OCCCCCCCCCCCC. The number of carbonyl (C=O) groups is 5. The van der Waals surface area contributed by atoms with Crippen molar-refractivity contribution in [3.8, 4) is 57.5 Å². The van der Waals surface area contributed by atoms with Crippen molar-refractivity contribution >= 4 is 41.3 Å². The summed E-state index contributed by atoms with van der Waals surface area (Å²) in [6, 6.07) is 31.4. The van der Waals surface area contributed by atoms with Crippen LogP contribution in [0.2, 0.25) is 0 Å². The molecule has 724 valence electrons. The molecule has 0 saturated heterocycles. The Kier molecular flexibility index (Phi) is 62.4. The third-order valence-corrected chi connectivity index (χ3v) is 24.3. The number of urea groups is 1. The second-order valence-corrected chi connectivity index (χ2v) is 36.0. The van der Waals surface area contributed by atoms with Gasteiger partial charge in [0, 0.05) is 11.4 Å². The Morgan fingerprint density at radius 3 is 0.546 bits per heavy atom. The highest BCUT2D eigenvalue weighted by atomic mass is 16.6. The Bertz CT molecular complexity index is 3540. The fourth-order valence-corrected chi connectivity index (χ4v) is 16.2. The van der Waals surface area contributed by atoms with Gasteiger partial charge in [-0.15, -0.1) is 0 Å². The highest BCUT2D eigenvalue weighted by Crippen LogP contribution is 2.42. The Balaban J connectivity index is 1.02. The van der Waals surface area contributed by atoms with Gasteiger partial charge >= 0.3 is 29.9 Å². The summed E-state index contributed by atoms with van der Waals surface area (Å²) >= 11 is 0. The maximum absolute atomic E-state index is 14.2. The summed E-state index contributed by atoms with van der Waals surface area (Å²) in [6.45, 7) is 16.5. The molecule has 0 fully saturated rings. The maximum Gasteiger partial charge on any atom is 0.343 e. The molecular weight excluding hydrogens is 1630 g/mol. The zero-order valence-corrected chi connectivity index (χ0v) is 81.8. The lowest BCUT2D eigenvalue weighted by atomic mass is 10.1. The van der Waals surface area contributed by atoms with E-state index >= 15 is 0 Å². The Morgan fingerprint density at radius 1 is 0.192 bits per heavy atom. The van der Waals surface area contributed by atoms with Crippen LogP contribution in [0.4, 0.5) is 16.2 Å². The summed E-state index contributed by atoms with van der Waals surface area (Å²) in [5.74, 6) is 1.41. The van der Waals surface area contributed by atoms with Crippen LogP contribution in [0.25, 0.3) is 0 Å². The van der Waals surface area contributed by atoms with Crippen molar-refractivity contribution in [2.24, 2.45) is 0 Å². The first-order valence-corrected chi connectivity index (χ1v) is 52.4. The largest absolute Gasteiger partial charge is 0.490 e. The first-order valence-electron chi connectivity index (χ1n) is 52.4. The molecule has 2 N–H and O–H groups in total. The van der Waals surface area contributed by atoms with Crippen LogP contribution >= 0.6 is 0 Å². The van der Waals surface area contributed by atoms with Gasteiger partial charge in [0.15, 0.2) is 23.0 Å². The van der Waals surface area contributed by atoms with E-state index in [2.05, 4.69) is 52.2 Å². The van der Waals surface area contributed by atoms with E-state index in [1.807, 2.05) is 0 Å². The molecule has 2 amide bonds. The molecule has 0 aliphatic heterocycles. The van der Waals surface area contributed by atoms with Gasteiger partial charge in [-0.25, -0.2) is 24.0 Å². The molecule has 17 heteroatoms. The van der Waals surface area contributed by atoms with E-state index in [0.717, 1.165) is 103 Å². The monoisotopic (exact) mass is 1800 g/mol. The summed E-state index contributed by atoms with van der Waals surface area (Å²) in [5, 5.41) is 5.58. The lowest BCUT2D eigenvalue weighted by molar-refractivity contribution is 0.0719. The van der Waals surface area contributed by atoms with Crippen LogP contribution in [0.3, 0.4) is 0 Å². The molecule has 0 bridgehead atoms. The minimum atomic E-state index is -0.634. The number of esters is 4. The molecule has 130 heavy (non-hydrogen) atoms. The molecule has 0 aliphatic rings. The third kappa shape index (κ3) is 50.8. The molecular formula is C113H172N2O15. The van der Waals surface area contributed by atoms with Gasteiger partial charge in [-0.3, -0.25) is 0 Å². The number of benzene rings is 6. The van der Waals surface area contributed by atoms with E-state index in [1.54, 1.807) is 121 Å². The summed E-state index contributed by atoms with van der Waals surface area (Å²) in [7, 11) is 0. The van der Waals surface area contributed by atoms with Crippen molar-refractivity contribution < 1.29 is 71.3 Å². The fourth-order valence-electron chi connectivity index (χ4n) is 16.2. The molecule has 6 rings (SSSR count). The van der Waals surface area contributed by atoms with Crippen LogP contribution in [0.5, 0.6) is 57.5 Å². The minimum absolute atomic E-state index is 0.229. The van der Waals surface area contributed by atoms with E-state index < -0.39 is 29.9 Å². The van der Waals surface area contributed by atoms with E-state index in [1.165, 1.54) is 283 Å². The van der Waals surface area contributed by atoms with Crippen molar-refractivity contribution in [2.45, 2.75) is 427 Å². The highest BCUT2D eigenvalue weighted by Gasteiger charge is 2.25. The van der Waals surface area contributed by atoms with Crippen molar-refractivity contribution in [3.05, 3.63) is 144 Å². The van der Waals surface area contributed by atoms with Crippen LogP contribution in [-0.4, -0.2) is 69.5 Å². The molecule has 0 atom stereocenters. The standard InChI is InChI=1S/C113H172N2O15/c1-7-13-19-25-31-37-43-49-55-61-83-121-103-89-95(90-104(122-84-62-56-50-44-38-32-26-20-14-8-2)107(103)125-87-65-59-53-47-41-35-29-23-17-11-5)111(118)129-99-75-67-93(68-76-99)109(116)127-101-79-71-97(72-80-101)114-113(120)115-98-73-81-102(82-74-98)128-110(117)94-69-77-100(78-70-94)130-112(119)96-91-105(123-85-63-57-51-45-39-33-27-21-15-9-3)108(126-88-66-60-54-48-42-36-30-24-18-12-6)106(92-96)124-86-64-58-52-46-40-34-28-22-16-10-4/h67-82,89-92H,7-66,83-88H2,1-6H3,(H2,114,115,120). The van der Waals surface area contributed by atoms with Crippen LogP contribution < -0.4 is 58.0 Å². The van der Waals surface area contributed by atoms with E-state index in [-0.39, 0.29) is 45.3 Å². The van der Waals surface area contributed by atoms with E-state index in [4.69, 9.17) is 47.4 Å². The molecule has 0 unspecified atom stereocenters. The number of ether oxygens (including phenoxy) is 10. The fraction of sp³-hybridized carbons (Fsp3) is 0.637. The number of amides is 2. The maximum atomic E-state index is 14.2. The zero-order chi connectivity index (χ0) is 92.4. The van der Waals surface area contributed by atoms with Crippen molar-refractivity contribution in [3.63, 3.8) is 0 Å². The van der Waals surface area contributed by atoms with Gasteiger partial charge in [-0.2, -0.15) is 0 Å². The molecule has 0 heterocycles. The van der Waals surface area contributed by atoms with Crippen LogP contribution in [0.15, 0.2) is 121 Å². The summed E-state index contributed by atoms with van der Waals surface area (Å²) < 4.78 is 62.9. The summed E-state index contributed by atoms with van der Waals surface area (Å²) in [6.07, 6.45) is 72.7. The summed E-state index contributed by atoms with van der Waals surface area (Å²) in [4.78, 5) is 68.7. The number of unbranched alkanes of at least 4 members (excludes halogenated alkanes) is 54.